The van der Waals surface area contributed by atoms with Gasteiger partial charge < -0.3 is 19.7 Å². The predicted octanol–water partition coefficient (Wildman–Crippen LogP) is 7.11. The summed E-state index contributed by atoms with van der Waals surface area (Å²) in [5, 5.41) is 20.6. The summed E-state index contributed by atoms with van der Waals surface area (Å²) in [6.45, 7) is 12.1. The van der Waals surface area contributed by atoms with Crippen molar-refractivity contribution in [1.82, 2.24) is 0 Å². The molecule has 0 amide bonds. The third-order valence-electron chi connectivity index (χ3n) is 12.6. The van der Waals surface area contributed by atoms with Crippen molar-refractivity contribution in [3.63, 3.8) is 0 Å². The number of hydrogen-bond acceptors (Lipinski definition) is 4. The van der Waals surface area contributed by atoms with Gasteiger partial charge in [-0.25, -0.2) is 0 Å². The summed E-state index contributed by atoms with van der Waals surface area (Å²) in [6, 6.07) is 0. The topological polar surface area (TPSA) is 58.9 Å². The van der Waals surface area contributed by atoms with Crippen LogP contribution < -0.4 is 0 Å². The van der Waals surface area contributed by atoms with Crippen LogP contribution in [0.25, 0.3) is 0 Å². The highest BCUT2D eigenvalue weighted by molar-refractivity contribution is 5.10. The summed E-state index contributed by atoms with van der Waals surface area (Å²) in [7, 11) is 0. The van der Waals surface area contributed by atoms with E-state index in [-0.39, 0.29) is 6.29 Å². The molecule has 1 aliphatic heterocycles. The van der Waals surface area contributed by atoms with E-state index in [0.29, 0.717) is 29.3 Å². The molecule has 11 atom stereocenters. The van der Waals surface area contributed by atoms with E-state index in [1.54, 1.807) is 13.8 Å². The largest absolute Gasteiger partial charge is 0.390 e. The van der Waals surface area contributed by atoms with Crippen molar-refractivity contribution in [3.05, 3.63) is 0 Å². The second-order valence-electron chi connectivity index (χ2n) is 14.9. The molecule has 4 saturated carbocycles. The molecule has 0 aromatic rings. The SMILES string of the molecule is C[C@H](CC[C@@H](O)C(C)(C)O)[C@H]1CC[C@H]2[C@@H]3CC[C@@H]4C[C@H](OC5CCCCO5)CC[C@]4(C)[C@H]3CC[C@]12C. The van der Waals surface area contributed by atoms with Crippen LogP contribution in [0.1, 0.15) is 125 Å². The van der Waals surface area contributed by atoms with Gasteiger partial charge in [-0.1, -0.05) is 20.8 Å². The van der Waals surface area contributed by atoms with Gasteiger partial charge in [-0.15, -0.1) is 0 Å². The Morgan fingerprint density at radius 1 is 0.917 bits per heavy atom. The van der Waals surface area contributed by atoms with Crippen molar-refractivity contribution in [2.24, 2.45) is 46.3 Å². The molecule has 5 fully saturated rings. The summed E-state index contributed by atoms with van der Waals surface area (Å²) < 4.78 is 12.4. The Morgan fingerprint density at radius 3 is 2.39 bits per heavy atom. The maximum absolute atomic E-state index is 10.4. The third kappa shape index (κ3) is 5.07. The smallest absolute Gasteiger partial charge is 0.157 e. The number of aliphatic hydroxyl groups excluding tert-OH is 1. The standard InChI is InChI=1S/C32H56O4/c1-21(9-14-28(33)30(2,3)34)25-12-13-26-24-11-10-22-20-23(36-29-8-6-7-19-35-29)15-17-31(22,4)27(24)16-18-32(25,26)5/h21-29,33-34H,6-20H2,1-5H3/t21-,22-,23-,24+,25-,26+,27+,28-,29?,31+,32-/m1/s1. The van der Waals surface area contributed by atoms with E-state index < -0.39 is 11.7 Å². The van der Waals surface area contributed by atoms with Crippen LogP contribution in [0.15, 0.2) is 0 Å². The number of hydrogen-bond donors (Lipinski definition) is 2. The van der Waals surface area contributed by atoms with Crippen LogP contribution in [-0.2, 0) is 9.47 Å². The molecule has 0 aromatic heterocycles. The minimum Gasteiger partial charge on any atom is -0.390 e. The molecule has 4 heteroatoms. The number of rotatable bonds is 7. The Balaban J connectivity index is 1.21. The minimum atomic E-state index is -0.999. The fourth-order valence-corrected chi connectivity index (χ4v) is 10.3. The average Bonchev–Trinajstić information content (AvgIpc) is 3.20. The normalized spacial score (nSPS) is 46.9. The zero-order valence-corrected chi connectivity index (χ0v) is 24.0. The van der Waals surface area contributed by atoms with E-state index in [1.165, 1.54) is 70.6 Å². The number of fused-ring (bicyclic) bond motifs is 5. The van der Waals surface area contributed by atoms with Gasteiger partial charge in [0.15, 0.2) is 6.29 Å². The molecule has 0 bridgehead atoms. The summed E-state index contributed by atoms with van der Waals surface area (Å²) in [5.74, 6) is 4.89. The summed E-state index contributed by atoms with van der Waals surface area (Å²) in [5.41, 5.74) is -0.0401. The van der Waals surface area contributed by atoms with E-state index in [4.69, 9.17) is 9.47 Å². The van der Waals surface area contributed by atoms with Crippen LogP contribution >= 0.6 is 0 Å². The van der Waals surface area contributed by atoms with Gasteiger partial charge in [0.1, 0.15) is 0 Å². The summed E-state index contributed by atoms with van der Waals surface area (Å²) in [6.07, 6.45) is 17.3. The molecule has 0 aromatic carbocycles. The Kier molecular flexibility index (Phi) is 7.94. The van der Waals surface area contributed by atoms with Crippen LogP contribution in [-0.4, -0.2) is 40.9 Å². The first-order valence-electron chi connectivity index (χ1n) is 15.7. The van der Waals surface area contributed by atoms with Crippen molar-refractivity contribution in [1.29, 1.82) is 0 Å². The first-order chi connectivity index (χ1) is 17.0. The van der Waals surface area contributed by atoms with Crippen molar-refractivity contribution in [3.8, 4) is 0 Å². The molecule has 208 valence electrons. The molecular weight excluding hydrogens is 448 g/mol. The molecule has 1 saturated heterocycles. The summed E-state index contributed by atoms with van der Waals surface area (Å²) >= 11 is 0. The van der Waals surface area contributed by atoms with Crippen molar-refractivity contribution >= 4 is 0 Å². The molecule has 36 heavy (non-hydrogen) atoms. The molecule has 4 nitrogen and oxygen atoms in total. The molecule has 5 aliphatic rings. The van der Waals surface area contributed by atoms with Crippen LogP contribution in [0.5, 0.6) is 0 Å². The highest BCUT2D eigenvalue weighted by atomic mass is 16.7. The van der Waals surface area contributed by atoms with Gasteiger partial charge >= 0.3 is 0 Å². The lowest BCUT2D eigenvalue weighted by Crippen LogP contribution is -2.54. The van der Waals surface area contributed by atoms with Crippen LogP contribution in [0.3, 0.4) is 0 Å². The van der Waals surface area contributed by atoms with Gasteiger partial charge in [0.25, 0.3) is 0 Å². The van der Waals surface area contributed by atoms with E-state index >= 15 is 0 Å². The first kappa shape index (κ1) is 27.4. The predicted molar refractivity (Wildman–Crippen MR) is 144 cm³/mol. The average molecular weight is 505 g/mol. The highest BCUT2D eigenvalue weighted by Crippen LogP contribution is 2.68. The van der Waals surface area contributed by atoms with Gasteiger partial charge in [0, 0.05) is 6.61 Å². The second-order valence-corrected chi connectivity index (χ2v) is 14.9. The van der Waals surface area contributed by atoms with E-state index in [2.05, 4.69) is 20.8 Å². The fraction of sp³-hybridized carbons (Fsp3) is 1.00. The Bertz CT molecular complexity index is 741. The fourth-order valence-electron chi connectivity index (χ4n) is 10.3. The Hall–Kier alpha value is -0.160. The second kappa shape index (κ2) is 10.4. The van der Waals surface area contributed by atoms with Crippen molar-refractivity contribution in [2.75, 3.05) is 6.61 Å². The number of ether oxygens (including phenoxy) is 2. The zero-order valence-electron chi connectivity index (χ0n) is 24.0. The lowest BCUT2D eigenvalue weighted by atomic mass is 9.44. The molecule has 0 radical (unpaired) electrons. The molecule has 1 heterocycles. The lowest BCUT2D eigenvalue weighted by molar-refractivity contribution is -0.212. The highest BCUT2D eigenvalue weighted by Gasteiger charge is 2.60. The quantitative estimate of drug-likeness (QED) is 0.363. The van der Waals surface area contributed by atoms with Crippen LogP contribution in [0, 0.1) is 46.3 Å². The molecular formula is C32H56O4. The monoisotopic (exact) mass is 504 g/mol. The Morgan fingerprint density at radius 2 is 1.67 bits per heavy atom. The van der Waals surface area contributed by atoms with Crippen molar-refractivity contribution < 1.29 is 19.7 Å². The van der Waals surface area contributed by atoms with Crippen LogP contribution in [0.2, 0.25) is 0 Å². The van der Waals surface area contributed by atoms with Gasteiger partial charge in [0.05, 0.1) is 17.8 Å². The zero-order chi connectivity index (χ0) is 25.7. The van der Waals surface area contributed by atoms with Gasteiger partial charge in [-0.2, -0.15) is 0 Å². The maximum Gasteiger partial charge on any atom is 0.157 e. The first-order valence-corrected chi connectivity index (χ1v) is 15.7. The maximum atomic E-state index is 10.4. The van der Waals surface area contributed by atoms with E-state index in [9.17, 15) is 10.2 Å². The van der Waals surface area contributed by atoms with Gasteiger partial charge in [-0.3, -0.25) is 0 Å². The molecule has 2 N–H and O–H groups in total. The number of aliphatic hydroxyl groups is 2. The summed E-state index contributed by atoms with van der Waals surface area (Å²) in [4.78, 5) is 0. The molecule has 4 aliphatic carbocycles. The van der Waals surface area contributed by atoms with Crippen molar-refractivity contribution in [2.45, 2.75) is 149 Å². The van der Waals surface area contributed by atoms with Crippen LogP contribution in [0.4, 0.5) is 0 Å². The minimum absolute atomic E-state index is 0.0572. The van der Waals surface area contributed by atoms with E-state index in [0.717, 1.165) is 49.0 Å². The van der Waals surface area contributed by atoms with E-state index in [1.807, 2.05) is 0 Å². The van der Waals surface area contributed by atoms with Gasteiger partial charge in [0.2, 0.25) is 0 Å². The Labute approximate surface area is 221 Å². The molecule has 0 spiro atoms. The third-order valence-corrected chi connectivity index (χ3v) is 12.6. The molecule has 1 unspecified atom stereocenters. The lowest BCUT2D eigenvalue weighted by Gasteiger charge is -2.61. The molecule has 5 rings (SSSR count). The van der Waals surface area contributed by atoms with Gasteiger partial charge in [-0.05, 0) is 150 Å².